The Morgan fingerprint density at radius 3 is 2.68 bits per heavy atom. The third kappa shape index (κ3) is 2.17. The fraction of sp³-hybridized carbons (Fsp3) is 0.571. The van der Waals surface area contributed by atoms with Crippen LogP contribution in [0.3, 0.4) is 0 Å². The first-order chi connectivity index (χ1) is 13.3. The molecule has 2 saturated heterocycles. The van der Waals surface area contributed by atoms with Crippen molar-refractivity contribution < 1.29 is 18.0 Å². The molecule has 2 aliphatic carbocycles. The maximum Gasteiger partial charge on any atom is 0.398 e. The standard InChI is InChI=1S/C21H21F3N2OS/c22-21(23,24)19(5-6-19)14-3-1-2-12-10-15(28-16(12)14)18(27)25-17-13-4-9-26(11-13)20(17)7-8-20/h1-3,10,13,17H,4-9,11H2,(H,25,27). The number of piperidine rings is 1. The molecule has 2 bridgehead atoms. The summed E-state index contributed by atoms with van der Waals surface area (Å²) in [7, 11) is 0. The number of hydrogen-bond acceptors (Lipinski definition) is 3. The first-order valence-electron chi connectivity index (χ1n) is 10.00. The van der Waals surface area contributed by atoms with E-state index >= 15 is 0 Å². The highest BCUT2D eigenvalue weighted by Gasteiger charge is 2.65. The first-order valence-corrected chi connectivity index (χ1v) is 10.8. The predicted octanol–water partition coefficient (Wildman–Crippen LogP) is 4.46. The largest absolute Gasteiger partial charge is 0.398 e. The molecule has 1 aromatic carbocycles. The minimum absolute atomic E-state index is 0.131. The molecular formula is C21H21F3N2OS. The molecule has 3 atom stereocenters. The Hall–Kier alpha value is -1.60. The number of thiophene rings is 1. The number of amides is 1. The van der Waals surface area contributed by atoms with Gasteiger partial charge in [-0.1, -0.05) is 18.2 Å². The molecule has 2 saturated carbocycles. The van der Waals surface area contributed by atoms with Crippen LogP contribution in [0.15, 0.2) is 24.3 Å². The van der Waals surface area contributed by atoms with Crippen molar-refractivity contribution in [3.05, 3.63) is 34.7 Å². The van der Waals surface area contributed by atoms with E-state index in [1.807, 2.05) is 6.07 Å². The van der Waals surface area contributed by atoms with Crippen molar-refractivity contribution in [3.8, 4) is 0 Å². The van der Waals surface area contributed by atoms with Gasteiger partial charge in [0.25, 0.3) is 5.91 Å². The fourth-order valence-corrected chi connectivity index (χ4v) is 6.88. The summed E-state index contributed by atoms with van der Waals surface area (Å²) < 4.78 is 41.5. The van der Waals surface area contributed by atoms with E-state index < -0.39 is 11.6 Å². The zero-order chi connectivity index (χ0) is 19.3. The van der Waals surface area contributed by atoms with Crippen LogP contribution < -0.4 is 5.32 Å². The number of benzene rings is 1. The minimum Gasteiger partial charge on any atom is -0.346 e. The number of nitrogens with one attached hydrogen (secondary N) is 1. The van der Waals surface area contributed by atoms with E-state index in [4.69, 9.17) is 0 Å². The smallest absolute Gasteiger partial charge is 0.346 e. The molecule has 2 aliphatic heterocycles. The van der Waals surface area contributed by atoms with Gasteiger partial charge in [0.05, 0.1) is 16.3 Å². The van der Waals surface area contributed by atoms with Crippen molar-refractivity contribution in [2.45, 2.75) is 55.3 Å². The van der Waals surface area contributed by atoms with Gasteiger partial charge in [-0.05, 0) is 61.6 Å². The molecular weight excluding hydrogens is 385 g/mol. The van der Waals surface area contributed by atoms with Crippen molar-refractivity contribution in [2.75, 3.05) is 13.1 Å². The molecule has 2 aromatic rings. The lowest BCUT2D eigenvalue weighted by Gasteiger charge is -2.33. The summed E-state index contributed by atoms with van der Waals surface area (Å²) >= 11 is 1.21. The van der Waals surface area contributed by atoms with Gasteiger partial charge in [-0.25, -0.2) is 0 Å². The van der Waals surface area contributed by atoms with E-state index in [1.54, 1.807) is 18.2 Å². The van der Waals surface area contributed by atoms with E-state index in [9.17, 15) is 18.0 Å². The third-order valence-corrected chi connectivity index (χ3v) is 8.71. The first kappa shape index (κ1) is 17.3. The Morgan fingerprint density at radius 1 is 1.21 bits per heavy atom. The van der Waals surface area contributed by atoms with Gasteiger partial charge < -0.3 is 5.32 Å². The summed E-state index contributed by atoms with van der Waals surface area (Å²) in [5, 5.41) is 3.99. The van der Waals surface area contributed by atoms with Crippen LogP contribution in [-0.2, 0) is 5.41 Å². The molecule has 3 nitrogen and oxygen atoms in total. The number of rotatable bonds is 3. The molecule has 0 radical (unpaired) electrons. The molecule has 1 N–H and O–H groups in total. The van der Waals surface area contributed by atoms with Crippen LogP contribution in [0.2, 0.25) is 0 Å². The van der Waals surface area contributed by atoms with Crippen molar-refractivity contribution >= 4 is 27.3 Å². The zero-order valence-electron chi connectivity index (χ0n) is 15.3. The Balaban J connectivity index is 1.32. The lowest BCUT2D eigenvalue weighted by Crippen LogP contribution is -2.51. The second-order valence-electron chi connectivity index (χ2n) is 8.96. The lowest BCUT2D eigenvalue weighted by molar-refractivity contribution is -0.160. The Bertz CT molecular complexity index is 989. The maximum atomic E-state index is 13.6. The highest BCUT2D eigenvalue weighted by Crippen LogP contribution is 2.61. The van der Waals surface area contributed by atoms with Crippen LogP contribution in [0.5, 0.6) is 0 Å². The Morgan fingerprint density at radius 2 is 2.00 bits per heavy atom. The molecule has 6 rings (SSSR count). The van der Waals surface area contributed by atoms with Crippen molar-refractivity contribution in [1.82, 2.24) is 10.2 Å². The van der Waals surface area contributed by atoms with Crippen molar-refractivity contribution in [2.24, 2.45) is 5.92 Å². The SMILES string of the molecule is O=C(NC1C2CCN(C2)C12CC2)c1cc2cccc(C3(C(F)(F)F)CC3)c2s1. The summed E-state index contributed by atoms with van der Waals surface area (Å²) in [5.41, 5.74) is -1.22. The van der Waals surface area contributed by atoms with E-state index in [1.165, 1.54) is 11.3 Å². The highest BCUT2D eigenvalue weighted by molar-refractivity contribution is 7.21. The molecule has 148 valence electrons. The van der Waals surface area contributed by atoms with Gasteiger partial charge in [-0.15, -0.1) is 11.3 Å². The van der Waals surface area contributed by atoms with Gasteiger partial charge in [0.15, 0.2) is 0 Å². The Kier molecular flexibility index (Phi) is 3.27. The predicted molar refractivity (Wildman–Crippen MR) is 102 cm³/mol. The molecule has 3 unspecified atom stereocenters. The fourth-order valence-electron chi connectivity index (χ4n) is 5.70. The van der Waals surface area contributed by atoms with E-state index in [0.29, 0.717) is 21.1 Å². The highest BCUT2D eigenvalue weighted by atomic mass is 32.1. The summed E-state index contributed by atoms with van der Waals surface area (Å²) in [6.45, 7) is 2.19. The number of carbonyl (C=O) groups excluding carboxylic acids is 1. The summed E-state index contributed by atoms with van der Waals surface area (Å²) in [6, 6.07) is 7.02. The van der Waals surface area contributed by atoms with Gasteiger partial charge in [-0.2, -0.15) is 13.2 Å². The van der Waals surface area contributed by atoms with Crippen LogP contribution in [0, 0.1) is 5.92 Å². The van der Waals surface area contributed by atoms with Gasteiger partial charge in [0, 0.05) is 16.8 Å². The molecule has 3 heterocycles. The van der Waals surface area contributed by atoms with E-state index in [0.717, 1.165) is 37.7 Å². The van der Waals surface area contributed by atoms with Crippen molar-refractivity contribution in [3.63, 3.8) is 0 Å². The number of nitrogens with zero attached hydrogens (tertiary/aromatic N) is 1. The number of carbonyl (C=O) groups is 1. The number of halogens is 3. The topological polar surface area (TPSA) is 32.3 Å². The van der Waals surface area contributed by atoms with Gasteiger partial charge in [0.2, 0.25) is 0 Å². The van der Waals surface area contributed by atoms with E-state index in [2.05, 4.69) is 10.2 Å². The second-order valence-corrected chi connectivity index (χ2v) is 10.0. The average molecular weight is 406 g/mol. The monoisotopic (exact) mass is 406 g/mol. The molecule has 1 amide bonds. The Labute approximate surface area is 164 Å². The van der Waals surface area contributed by atoms with Crippen LogP contribution >= 0.6 is 11.3 Å². The van der Waals surface area contributed by atoms with Crippen LogP contribution in [-0.4, -0.2) is 41.7 Å². The third-order valence-electron chi connectivity index (χ3n) is 7.53. The molecule has 4 aliphatic rings. The second kappa shape index (κ2) is 5.30. The van der Waals surface area contributed by atoms with E-state index in [-0.39, 0.29) is 30.3 Å². The van der Waals surface area contributed by atoms with Gasteiger partial charge in [0.1, 0.15) is 0 Å². The average Bonchev–Trinajstić information content (AvgIpc) is 3.50. The van der Waals surface area contributed by atoms with Crippen molar-refractivity contribution in [1.29, 1.82) is 0 Å². The molecule has 28 heavy (non-hydrogen) atoms. The number of alkyl halides is 3. The lowest BCUT2D eigenvalue weighted by atomic mass is 9.92. The van der Waals surface area contributed by atoms with Gasteiger partial charge in [-0.3, -0.25) is 9.69 Å². The summed E-state index contributed by atoms with van der Waals surface area (Å²) in [4.78, 5) is 16.0. The zero-order valence-corrected chi connectivity index (χ0v) is 16.1. The number of fused-ring (bicyclic) bond motifs is 4. The summed E-state index contributed by atoms with van der Waals surface area (Å²) in [5.74, 6) is 0.380. The van der Waals surface area contributed by atoms with Crippen LogP contribution in [0.25, 0.3) is 10.1 Å². The normalized spacial score (nSPS) is 31.5. The minimum atomic E-state index is -4.25. The van der Waals surface area contributed by atoms with Gasteiger partial charge >= 0.3 is 6.18 Å². The molecule has 4 fully saturated rings. The summed E-state index contributed by atoms with van der Waals surface area (Å²) in [6.07, 6.45) is -0.576. The molecule has 1 aromatic heterocycles. The molecule has 7 heteroatoms. The van der Waals surface area contributed by atoms with Crippen LogP contribution in [0.1, 0.15) is 47.3 Å². The number of hydrogen-bond donors (Lipinski definition) is 1. The quantitative estimate of drug-likeness (QED) is 0.816. The maximum absolute atomic E-state index is 13.6. The van der Waals surface area contributed by atoms with Crippen LogP contribution in [0.4, 0.5) is 13.2 Å². The molecule has 1 spiro atoms.